The second-order valence-corrected chi connectivity index (χ2v) is 5.86. The number of amides is 1. The minimum absolute atomic E-state index is 0.0789. The molecule has 1 saturated heterocycles. The van der Waals surface area contributed by atoms with Gasteiger partial charge in [0.25, 0.3) is 5.91 Å². The molecule has 0 aromatic heterocycles. The quantitative estimate of drug-likeness (QED) is 0.631. The van der Waals surface area contributed by atoms with E-state index in [1.165, 1.54) is 6.42 Å². The third-order valence-electron chi connectivity index (χ3n) is 4.26. The van der Waals surface area contributed by atoms with Gasteiger partial charge in [-0.05, 0) is 24.7 Å². The van der Waals surface area contributed by atoms with Crippen molar-refractivity contribution < 1.29 is 9.86 Å². The Morgan fingerprint density at radius 1 is 1.50 bits per heavy atom. The Labute approximate surface area is 97.0 Å². The highest BCUT2D eigenvalue weighted by Crippen LogP contribution is 2.38. The fourth-order valence-corrected chi connectivity index (χ4v) is 3.55. The lowest BCUT2D eigenvalue weighted by molar-refractivity contribution is -0.899. The maximum absolute atomic E-state index is 12.1. The second-order valence-electron chi connectivity index (χ2n) is 5.86. The Kier molecular flexibility index (Phi) is 2.97. The van der Waals surface area contributed by atoms with Crippen LogP contribution in [-0.4, -0.2) is 18.1 Å². The molecule has 4 nitrogen and oxygen atoms in total. The zero-order valence-electron chi connectivity index (χ0n) is 10.4. The molecule has 92 valence electrons. The molecule has 0 radical (unpaired) electrons. The minimum Gasteiger partial charge on any atom is -0.632 e. The monoisotopic (exact) mass is 226 g/mol. The summed E-state index contributed by atoms with van der Waals surface area (Å²) < 4.78 is 0. The molecule has 1 saturated carbocycles. The molecule has 4 heteroatoms. The summed E-state index contributed by atoms with van der Waals surface area (Å²) in [4.78, 5) is 11.5. The van der Waals surface area contributed by atoms with Gasteiger partial charge in [0.1, 0.15) is 0 Å². The number of nitrogens with one attached hydrogen (secondary N) is 2. The summed E-state index contributed by atoms with van der Waals surface area (Å²) in [5, 5.41) is 15.3. The first kappa shape index (κ1) is 11.9. The summed E-state index contributed by atoms with van der Waals surface area (Å²) >= 11 is 0. The molecule has 0 aromatic rings. The van der Waals surface area contributed by atoms with E-state index in [4.69, 9.17) is 0 Å². The number of hydrogen-bond donors (Lipinski definition) is 2. The molecule has 1 aliphatic heterocycles. The van der Waals surface area contributed by atoms with E-state index in [1.807, 2.05) is 0 Å². The summed E-state index contributed by atoms with van der Waals surface area (Å²) in [6, 6.07) is 0. The molecule has 2 unspecified atom stereocenters. The molecule has 1 aliphatic carbocycles. The molecular formula is C12H22N2O2. The molecule has 1 heterocycles. The topological polar surface area (TPSA) is 56.6 Å². The van der Waals surface area contributed by atoms with Gasteiger partial charge in [-0.2, -0.15) is 0 Å². The van der Waals surface area contributed by atoms with Gasteiger partial charge in [-0.3, -0.25) is 10.1 Å². The van der Waals surface area contributed by atoms with Crippen LogP contribution in [0.5, 0.6) is 0 Å². The molecule has 16 heavy (non-hydrogen) atoms. The van der Waals surface area contributed by atoms with Crippen molar-refractivity contribution in [3.05, 3.63) is 5.21 Å². The van der Waals surface area contributed by atoms with Gasteiger partial charge in [0.2, 0.25) is 0 Å². The lowest BCUT2D eigenvalue weighted by Gasteiger charge is -2.48. The molecule has 4 atom stereocenters. The second kappa shape index (κ2) is 4.00. The highest BCUT2D eigenvalue weighted by Gasteiger charge is 2.54. The molecule has 2 rings (SSSR count). The highest BCUT2D eigenvalue weighted by molar-refractivity contribution is 5.79. The SMILES string of the molecule is CC(C)[C@H]1CC[C@H](C)CC12NC(=O)C[NH+]2[O-]. The van der Waals surface area contributed by atoms with Gasteiger partial charge in [0.05, 0.1) is 0 Å². The van der Waals surface area contributed by atoms with E-state index in [2.05, 4.69) is 26.1 Å². The average molecular weight is 226 g/mol. The van der Waals surface area contributed by atoms with Crippen molar-refractivity contribution in [2.24, 2.45) is 17.8 Å². The number of quaternary nitrogens is 1. The van der Waals surface area contributed by atoms with E-state index in [9.17, 15) is 10.0 Å². The van der Waals surface area contributed by atoms with Crippen LogP contribution >= 0.6 is 0 Å². The smallest absolute Gasteiger partial charge is 0.280 e. The Hall–Kier alpha value is -0.610. The summed E-state index contributed by atoms with van der Waals surface area (Å²) in [6.07, 6.45) is 3.07. The van der Waals surface area contributed by atoms with Gasteiger partial charge >= 0.3 is 0 Å². The van der Waals surface area contributed by atoms with E-state index in [-0.39, 0.29) is 17.5 Å². The standard InChI is InChI=1S/C12H22N2O2/c1-8(2)10-5-4-9(3)6-12(10)13-11(15)7-14(12)16/h8-10,14H,4-7H2,1-3H3,(H,13,15)/t9-,10+,12?/m0/s1. The van der Waals surface area contributed by atoms with Crippen LogP contribution in [0.15, 0.2) is 0 Å². The number of carbonyl (C=O) groups is 1. The van der Waals surface area contributed by atoms with Crippen molar-refractivity contribution in [3.8, 4) is 0 Å². The van der Waals surface area contributed by atoms with Gasteiger partial charge in [-0.25, -0.2) is 0 Å². The van der Waals surface area contributed by atoms with Gasteiger partial charge in [0, 0.05) is 12.3 Å². The molecule has 0 aromatic carbocycles. The average Bonchev–Trinajstić information content (AvgIpc) is 2.41. The number of hydrogen-bond acceptors (Lipinski definition) is 2. The Balaban J connectivity index is 2.28. The van der Waals surface area contributed by atoms with Gasteiger partial charge in [-0.1, -0.05) is 20.8 Å². The third-order valence-corrected chi connectivity index (χ3v) is 4.26. The molecule has 2 N–H and O–H groups in total. The van der Waals surface area contributed by atoms with E-state index in [0.29, 0.717) is 17.8 Å². The van der Waals surface area contributed by atoms with Crippen molar-refractivity contribution >= 4 is 5.91 Å². The van der Waals surface area contributed by atoms with Crippen LogP contribution in [0.2, 0.25) is 0 Å². The van der Waals surface area contributed by atoms with Crippen LogP contribution in [0.25, 0.3) is 0 Å². The predicted molar refractivity (Wildman–Crippen MR) is 61.4 cm³/mol. The molecule has 2 fully saturated rings. The summed E-state index contributed by atoms with van der Waals surface area (Å²) in [5.74, 6) is 1.24. The van der Waals surface area contributed by atoms with Gasteiger partial charge in [0.15, 0.2) is 12.2 Å². The molecule has 1 amide bonds. The van der Waals surface area contributed by atoms with E-state index < -0.39 is 5.66 Å². The van der Waals surface area contributed by atoms with Crippen molar-refractivity contribution in [2.45, 2.75) is 45.7 Å². The first-order valence-corrected chi connectivity index (χ1v) is 6.30. The molecular weight excluding hydrogens is 204 g/mol. The van der Waals surface area contributed by atoms with Crippen molar-refractivity contribution in [3.63, 3.8) is 0 Å². The van der Waals surface area contributed by atoms with Gasteiger partial charge < -0.3 is 10.3 Å². The maximum atomic E-state index is 12.1. The fourth-order valence-electron chi connectivity index (χ4n) is 3.55. The largest absolute Gasteiger partial charge is 0.632 e. The Morgan fingerprint density at radius 3 is 2.69 bits per heavy atom. The summed E-state index contributed by atoms with van der Waals surface area (Å²) in [7, 11) is 0. The zero-order chi connectivity index (χ0) is 11.9. The summed E-state index contributed by atoms with van der Waals surface area (Å²) in [5.41, 5.74) is -0.525. The van der Waals surface area contributed by atoms with Crippen molar-refractivity contribution in [2.75, 3.05) is 6.54 Å². The number of hydroxylamine groups is 2. The number of rotatable bonds is 1. The van der Waals surface area contributed by atoms with Crippen LogP contribution in [0.4, 0.5) is 0 Å². The Bertz CT molecular complexity index is 293. The van der Waals surface area contributed by atoms with E-state index in [0.717, 1.165) is 12.8 Å². The van der Waals surface area contributed by atoms with E-state index in [1.54, 1.807) is 0 Å². The van der Waals surface area contributed by atoms with Crippen molar-refractivity contribution in [1.29, 1.82) is 0 Å². The van der Waals surface area contributed by atoms with Crippen LogP contribution in [-0.2, 0) is 4.79 Å². The van der Waals surface area contributed by atoms with Crippen molar-refractivity contribution in [1.82, 2.24) is 5.32 Å². The zero-order valence-corrected chi connectivity index (χ0v) is 10.4. The van der Waals surface area contributed by atoms with Crippen LogP contribution in [0.3, 0.4) is 0 Å². The maximum Gasteiger partial charge on any atom is 0.280 e. The third kappa shape index (κ3) is 1.74. The molecule has 0 bridgehead atoms. The minimum atomic E-state index is -0.525. The first-order chi connectivity index (χ1) is 7.45. The predicted octanol–water partition coefficient (Wildman–Crippen LogP) is 0.287. The number of carbonyl (C=O) groups excluding carboxylic acids is 1. The van der Waals surface area contributed by atoms with Crippen LogP contribution < -0.4 is 10.4 Å². The summed E-state index contributed by atoms with van der Waals surface area (Å²) in [6.45, 7) is 6.58. The van der Waals surface area contributed by atoms with Crippen LogP contribution in [0, 0.1) is 23.0 Å². The normalized spacial score (nSPS) is 44.1. The molecule has 2 aliphatic rings. The lowest BCUT2D eigenvalue weighted by atomic mass is 9.70. The molecule has 1 spiro atoms. The fraction of sp³-hybridized carbons (Fsp3) is 0.917. The highest BCUT2D eigenvalue weighted by atomic mass is 16.5. The van der Waals surface area contributed by atoms with Crippen LogP contribution in [0.1, 0.15) is 40.0 Å². The van der Waals surface area contributed by atoms with E-state index >= 15 is 0 Å². The lowest BCUT2D eigenvalue weighted by Crippen LogP contribution is -3.16. The Morgan fingerprint density at radius 2 is 2.19 bits per heavy atom. The van der Waals surface area contributed by atoms with Gasteiger partial charge in [-0.15, -0.1) is 0 Å². The first-order valence-electron chi connectivity index (χ1n) is 6.30.